The minimum absolute atomic E-state index is 0.0488. The van der Waals surface area contributed by atoms with Gasteiger partial charge in [-0.2, -0.15) is 0 Å². The number of hydrogen-bond acceptors (Lipinski definition) is 3. The fraction of sp³-hybridized carbons (Fsp3) is 0.462. The fourth-order valence-electron chi connectivity index (χ4n) is 1.75. The first-order valence-electron chi connectivity index (χ1n) is 6.08. The molecule has 0 aliphatic carbocycles. The molecule has 5 nitrogen and oxygen atoms in total. The Bertz CT molecular complexity index is 458. The van der Waals surface area contributed by atoms with E-state index >= 15 is 0 Å². The number of methoxy groups -OCH3 is 1. The average molecular weight is 287 g/mol. The second kappa shape index (κ2) is 7.04. The van der Waals surface area contributed by atoms with Crippen LogP contribution in [0.3, 0.4) is 0 Å². The van der Waals surface area contributed by atoms with Crippen molar-refractivity contribution in [3.8, 4) is 0 Å². The number of rotatable bonds is 5. The summed E-state index contributed by atoms with van der Waals surface area (Å²) in [6, 6.07) is 1.37. The second-order valence-electron chi connectivity index (χ2n) is 4.64. The van der Waals surface area contributed by atoms with E-state index < -0.39 is 17.7 Å². The number of nitrogens with zero attached hydrogens (tertiary/aromatic N) is 1. The van der Waals surface area contributed by atoms with Crippen LogP contribution < -0.4 is 15.5 Å². The Labute approximate surface area is 116 Å². The molecular weight excluding hydrogens is 268 g/mol. The molecule has 0 aliphatic rings. The Hall–Kier alpha value is -1.89. The van der Waals surface area contributed by atoms with Crippen LogP contribution in [0.25, 0.3) is 0 Å². The minimum Gasteiger partial charge on any atom is -0.383 e. The number of halogens is 2. The van der Waals surface area contributed by atoms with Gasteiger partial charge in [0.25, 0.3) is 0 Å². The van der Waals surface area contributed by atoms with Crippen molar-refractivity contribution in [3.63, 3.8) is 0 Å². The molecule has 1 unspecified atom stereocenters. The molecule has 2 amide bonds. The first-order chi connectivity index (χ1) is 9.35. The zero-order chi connectivity index (χ0) is 15.3. The molecule has 0 aliphatic heterocycles. The van der Waals surface area contributed by atoms with Gasteiger partial charge in [0.2, 0.25) is 0 Å². The Kier molecular flexibility index (Phi) is 5.69. The largest absolute Gasteiger partial charge is 0.383 e. The van der Waals surface area contributed by atoms with E-state index in [4.69, 9.17) is 4.74 Å². The van der Waals surface area contributed by atoms with Gasteiger partial charge in [-0.15, -0.1) is 0 Å². The molecule has 0 saturated carbocycles. The van der Waals surface area contributed by atoms with Gasteiger partial charge in [-0.05, 0) is 19.1 Å². The smallest absolute Gasteiger partial charge is 0.319 e. The maximum absolute atomic E-state index is 13.7. The van der Waals surface area contributed by atoms with Gasteiger partial charge in [-0.25, -0.2) is 13.6 Å². The third kappa shape index (κ3) is 4.34. The summed E-state index contributed by atoms with van der Waals surface area (Å²) in [4.78, 5) is 12.9. The second-order valence-corrected chi connectivity index (χ2v) is 4.64. The van der Waals surface area contributed by atoms with Gasteiger partial charge in [0.1, 0.15) is 5.69 Å². The van der Waals surface area contributed by atoms with Crippen LogP contribution in [-0.2, 0) is 4.74 Å². The highest BCUT2D eigenvalue weighted by molar-refractivity contribution is 5.89. The topological polar surface area (TPSA) is 53.6 Å². The number of ether oxygens (including phenoxy) is 1. The summed E-state index contributed by atoms with van der Waals surface area (Å²) >= 11 is 0. The number of carbonyl (C=O) groups excluding carboxylic acids is 1. The maximum Gasteiger partial charge on any atom is 0.319 e. The van der Waals surface area contributed by atoms with E-state index in [2.05, 4.69) is 10.6 Å². The Morgan fingerprint density at radius 2 is 1.90 bits per heavy atom. The predicted octanol–water partition coefficient (Wildman–Crippen LogP) is 2.19. The molecule has 1 rings (SSSR count). The molecule has 2 N–H and O–H groups in total. The van der Waals surface area contributed by atoms with Crippen molar-refractivity contribution in [1.82, 2.24) is 5.32 Å². The van der Waals surface area contributed by atoms with Gasteiger partial charge in [-0.1, -0.05) is 0 Å². The molecule has 0 bridgehead atoms. The number of hydrogen-bond donors (Lipinski definition) is 2. The third-order valence-corrected chi connectivity index (χ3v) is 2.52. The van der Waals surface area contributed by atoms with Crippen molar-refractivity contribution in [3.05, 3.63) is 23.8 Å². The van der Waals surface area contributed by atoms with Crippen LogP contribution in [0.1, 0.15) is 6.92 Å². The van der Waals surface area contributed by atoms with Gasteiger partial charge in [0.15, 0.2) is 11.6 Å². The quantitative estimate of drug-likeness (QED) is 0.873. The zero-order valence-corrected chi connectivity index (χ0v) is 12.0. The van der Waals surface area contributed by atoms with Gasteiger partial charge in [0, 0.05) is 26.9 Å². The van der Waals surface area contributed by atoms with Gasteiger partial charge < -0.3 is 20.3 Å². The molecule has 0 heterocycles. The molecule has 7 heteroatoms. The van der Waals surface area contributed by atoms with E-state index in [1.54, 1.807) is 6.92 Å². The van der Waals surface area contributed by atoms with Crippen molar-refractivity contribution >= 4 is 17.4 Å². The van der Waals surface area contributed by atoms with Crippen LogP contribution in [0.5, 0.6) is 0 Å². The van der Waals surface area contributed by atoms with Crippen LogP contribution in [0, 0.1) is 11.6 Å². The van der Waals surface area contributed by atoms with Crippen molar-refractivity contribution < 1.29 is 18.3 Å². The molecule has 1 atom stereocenters. The van der Waals surface area contributed by atoms with E-state index in [0.29, 0.717) is 6.61 Å². The molecule has 0 spiro atoms. The van der Waals surface area contributed by atoms with Gasteiger partial charge in [0.05, 0.1) is 12.6 Å². The number of benzene rings is 1. The summed E-state index contributed by atoms with van der Waals surface area (Å²) < 4.78 is 32.3. The number of carbonyl (C=O) groups is 1. The highest BCUT2D eigenvalue weighted by Crippen LogP contribution is 2.25. The lowest BCUT2D eigenvalue weighted by atomic mass is 10.2. The van der Waals surface area contributed by atoms with Crippen molar-refractivity contribution in [2.75, 3.05) is 38.0 Å². The van der Waals surface area contributed by atoms with E-state index in [0.717, 1.165) is 12.1 Å². The van der Waals surface area contributed by atoms with Gasteiger partial charge >= 0.3 is 6.03 Å². The van der Waals surface area contributed by atoms with Gasteiger partial charge in [-0.3, -0.25) is 0 Å². The van der Waals surface area contributed by atoms with Crippen LogP contribution in [-0.4, -0.2) is 39.9 Å². The summed E-state index contributed by atoms with van der Waals surface area (Å²) in [7, 11) is 4.59. The lowest BCUT2D eigenvalue weighted by Crippen LogP contribution is -2.38. The highest BCUT2D eigenvalue weighted by atomic mass is 19.1. The Morgan fingerprint density at radius 3 is 2.35 bits per heavy atom. The van der Waals surface area contributed by atoms with Crippen LogP contribution in [0.4, 0.5) is 25.0 Å². The van der Waals surface area contributed by atoms with Crippen LogP contribution in [0.2, 0.25) is 0 Å². The van der Waals surface area contributed by atoms with Crippen molar-refractivity contribution in [2.45, 2.75) is 13.0 Å². The molecule has 1 aromatic carbocycles. The Morgan fingerprint density at radius 1 is 1.35 bits per heavy atom. The lowest BCUT2D eigenvalue weighted by molar-refractivity contribution is 0.173. The number of amides is 2. The summed E-state index contributed by atoms with van der Waals surface area (Å²) in [6.07, 6.45) is 0. The summed E-state index contributed by atoms with van der Waals surface area (Å²) in [5.74, 6) is -1.48. The number of nitrogens with one attached hydrogen (secondary N) is 2. The molecular formula is C13H19F2N3O2. The van der Waals surface area contributed by atoms with E-state index in [9.17, 15) is 13.6 Å². The molecule has 112 valence electrons. The summed E-state index contributed by atoms with van der Waals surface area (Å²) in [5, 5.41) is 4.95. The predicted molar refractivity (Wildman–Crippen MR) is 74.2 cm³/mol. The highest BCUT2D eigenvalue weighted by Gasteiger charge is 2.14. The normalized spacial score (nSPS) is 11.9. The summed E-state index contributed by atoms with van der Waals surface area (Å²) in [5.41, 5.74) is -0.101. The molecule has 0 fully saturated rings. The van der Waals surface area contributed by atoms with Crippen LogP contribution in [0.15, 0.2) is 12.1 Å². The van der Waals surface area contributed by atoms with E-state index in [1.165, 1.54) is 26.1 Å². The fourth-order valence-corrected chi connectivity index (χ4v) is 1.75. The molecule has 0 aromatic heterocycles. The monoisotopic (exact) mass is 287 g/mol. The minimum atomic E-state index is -0.741. The number of anilines is 2. The van der Waals surface area contributed by atoms with E-state index in [-0.39, 0.29) is 17.4 Å². The third-order valence-electron chi connectivity index (χ3n) is 2.52. The first kappa shape index (κ1) is 16.2. The van der Waals surface area contributed by atoms with Crippen molar-refractivity contribution in [2.24, 2.45) is 0 Å². The molecule has 0 saturated heterocycles. The molecule has 20 heavy (non-hydrogen) atoms. The first-order valence-corrected chi connectivity index (χ1v) is 6.08. The zero-order valence-electron chi connectivity index (χ0n) is 12.0. The molecule has 1 aromatic rings. The maximum atomic E-state index is 13.7. The van der Waals surface area contributed by atoms with E-state index in [1.807, 2.05) is 0 Å². The number of urea groups is 1. The molecule has 0 radical (unpaired) electrons. The lowest BCUT2D eigenvalue weighted by Gasteiger charge is -2.17. The standard InChI is InChI=1S/C13H19F2N3O2/c1-8(7-20-4)16-13(19)17-9-5-10(14)12(18(2)3)11(15)6-9/h5-6,8H,7H2,1-4H3,(H2,16,17,19). The van der Waals surface area contributed by atoms with Crippen LogP contribution >= 0.6 is 0 Å². The summed E-state index contributed by atoms with van der Waals surface area (Å²) in [6.45, 7) is 2.09. The Balaban J connectivity index is 2.76. The van der Waals surface area contributed by atoms with Crippen molar-refractivity contribution in [1.29, 1.82) is 0 Å². The average Bonchev–Trinajstić information content (AvgIpc) is 2.26. The SMILES string of the molecule is COCC(C)NC(=O)Nc1cc(F)c(N(C)C)c(F)c1.